The number of nitrogens with zero attached hydrogens (tertiary/aromatic N) is 4. The van der Waals surface area contributed by atoms with Gasteiger partial charge in [0, 0.05) is 41.3 Å². The van der Waals surface area contributed by atoms with E-state index in [-0.39, 0.29) is 39.1 Å². The zero-order valence-electron chi connectivity index (χ0n) is 10.3. The quantitative estimate of drug-likeness (QED) is 0.629. The van der Waals surface area contributed by atoms with Gasteiger partial charge in [0.15, 0.2) is 0 Å². The van der Waals surface area contributed by atoms with Crippen LogP contribution in [-0.2, 0) is 16.5 Å². The van der Waals surface area contributed by atoms with Gasteiger partial charge < -0.3 is 21.2 Å². The maximum absolute atomic E-state index is 10.1. The summed E-state index contributed by atoms with van der Waals surface area (Å²) in [6.07, 6.45) is 5.54. The van der Waals surface area contributed by atoms with Crippen molar-refractivity contribution in [1.82, 2.24) is 19.9 Å². The van der Waals surface area contributed by atoms with Crippen LogP contribution in [0.5, 0.6) is 0 Å². The van der Waals surface area contributed by atoms with Crippen LogP contribution in [0.1, 0.15) is 21.2 Å². The van der Waals surface area contributed by atoms with Gasteiger partial charge in [0.05, 0.1) is 0 Å². The Morgan fingerprint density at radius 3 is 1.10 bits per heavy atom. The molecule has 0 spiro atoms. The summed E-state index contributed by atoms with van der Waals surface area (Å²) in [6.45, 7) is 0. The Kier molecular flexibility index (Phi) is 14.1. The van der Waals surface area contributed by atoms with Crippen LogP contribution in [0.3, 0.4) is 0 Å². The second kappa shape index (κ2) is 12.5. The van der Waals surface area contributed by atoms with E-state index in [1.807, 2.05) is 0 Å². The Hall–Kier alpha value is -2.49. The predicted molar refractivity (Wildman–Crippen MR) is 65.2 cm³/mol. The summed E-state index contributed by atoms with van der Waals surface area (Å²) in [5, 5.41) is 16.5. The van der Waals surface area contributed by atoms with Crippen LogP contribution in [0, 0.1) is 0 Å². The first-order valence-corrected chi connectivity index (χ1v) is 4.62. The molecule has 10 nitrogen and oxygen atoms in total. The first kappa shape index (κ1) is 23.6. The summed E-state index contributed by atoms with van der Waals surface area (Å²) < 4.78 is 0. The van der Waals surface area contributed by atoms with Gasteiger partial charge in [-0.25, -0.2) is 29.5 Å². The zero-order chi connectivity index (χ0) is 13.4. The molecule has 2 heterocycles. The molecule has 11 heteroatoms. The van der Waals surface area contributed by atoms with Crippen molar-refractivity contribution in [2.24, 2.45) is 0 Å². The van der Waals surface area contributed by atoms with Gasteiger partial charge in [-0.05, 0) is 12.1 Å². The van der Waals surface area contributed by atoms with Gasteiger partial charge in [-0.3, -0.25) is 0 Å². The molecule has 2 aromatic rings. The zero-order valence-corrected chi connectivity index (χ0v) is 11.3. The van der Waals surface area contributed by atoms with E-state index < -0.39 is 11.9 Å². The molecule has 0 aliphatic heterocycles. The van der Waals surface area contributed by atoms with Crippen LogP contribution in [0.4, 0.5) is 0 Å². The number of carbonyl (C=O) groups is 2. The number of carboxylic acid groups (broad SMARTS) is 2. The maximum Gasteiger partial charge on any atom is 0.373 e. The standard InChI is InChI=1S/2C5H4N2O2.Ni.2H2O/c2*8-5(9)4-6-2-1-3-7-4;;;/h2*1-3H,(H,8,9);;2*1H2. The maximum atomic E-state index is 10.1. The van der Waals surface area contributed by atoms with Crippen molar-refractivity contribution in [2.45, 2.75) is 0 Å². The Bertz CT molecular complexity index is 478. The van der Waals surface area contributed by atoms with E-state index in [1.54, 1.807) is 12.1 Å². The van der Waals surface area contributed by atoms with Gasteiger partial charge in [-0.15, -0.1) is 0 Å². The summed E-state index contributed by atoms with van der Waals surface area (Å²) in [5.41, 5.74) is 0. The minimum atomic E-state index is -1.10. The molecule has 0 unspecified atom stereocenters. The Morgan fingerprint density at radius 2 is 0.952 bits per heavy atom. The van der Waals surface area contributed by atoms with E-state index in [4.69, 9.17) is 10.2 Å². The largest absolute Gasteiger partial charge is 0.475 e. The minimum Gasteiger partial charge on any atom is -0.475 e. The van der Waals surface area contributed by atoms with E-state index in [1.165, 1.54) is 24.8 Å². The molecule has 118 valence electrons. The smallest absolute Gasteiger partial charge is 0.373 e. The van der Waals surface area contributed by atoms with Crippen LogP contribution in [0.2, 0.25) is 0 Å². The number of aromatic nitrogens is 4. The van der Waals surface area contributed by atoms with Crippen LogP contribution in [0.25, 0.3) is 0 Å². The summed E-state index contributed by atoms with van der Waals surface area (Å²) in [5.74, 6) is -2.54. The van der Waals surface area contributed by atoms with Gasteiger partial charge in [-0.1, -0.05) is 0 Å². The molecule has 0 aromatic carbocycles. The molecule has 0 aliphatic carbocycles. The van der Waals surface area contributed by atoms with Crippen LogP contribution in [0.15, 0.2) is 36.9 Å². The van der Waals surface area contributed by atoms with E-state index in [9.17, 15) is 9.59 Å². The summed E-state index contributed by atoms with van der Waals surface area (Å²) in [6, 6.07) is 3.12. The summed E-state index contributed by atoms with van der Waals surface area (Å²) in [4.78, 5) is 34.0. The second-order valence-corrected chi connectivity index (χ2v) is 2.76. The molecule has 0 fully saturated rings. The molecule has 0 bridgehead atoms. The third kappa shape index (κ3) is 9.11. The average molecular weight is 343 g/mol. The third-order valence-electron chi connectivity index (χ3n) is 1.51. The van der Waals surface area contributed by atoms with Gasteiger partial charge in [0.1, 0.15) is 0 Å². The van der Waals surface area contributed by atoms with Gasteiger partial charge >= 0.3 is 11.9 Å². The molecule has 0 amide bonds. The fraction of sp³-hybridized carbons (Fsp3) is 0. The SMILES string of the molecule is O.O.O=C(O)c1ncccn1.O=C(O)c1ncccn1.[Ni]. The average Bonchev–Trinajstić information content (AvgIpc) is 2.41. The van der Waals surface area contributed by atoms with E-state index >= 15 is 0 Å². The molecule has 2 rings (SSSR count). The number of carboxylic acids is 2. The summed E-state index contributed by atoms with van der Waals surface area (Å²) >= 11 is 0. The Balaban J connectivity index is -0.000000270. The first-order valence-electron chi connectivity index (χ1n) is 4.62. The Labute approximate surface area is 128 Å². The number of hydrogen-bond donors (Lipinski definition) is 2. The van der Waals surface area contributed by atoms with Crippen molar-refractivity contribution in [3.8, 4) is 0 Å². The van der Waals surface area contributed by atoms with Crippen molar-refractivity contribution in [3.63, 3.8) is 0 Å². The van der Waals surface area contributed by atoms with E-state index in [0.29, 0.717) is 0 Å². The molecule has 21 heavy (non-hydrogen) atoms. The van der Waals surface area contributed by atoms with Crippen molar-refractivity contribution in [3.05, 3.63) is 48.6 Å². The monoisotopic (exact) mass is 342 g/mol. The second-order valence-electron chi connectivity index (χ2n) is 2.76. The fourth-order valence-electron chi connectivity index (χ4n) is 0.819. The summed E-state index contributed by atoms with van der Waals surface area (Å²) in [7, 11) is 0. The predicted octanol–water partition coefficient (Wildman–Crippen LogP) is -1.30. The van der Waals surface area contributed by atoms with E-state index in [2.05, 4.69) is 19.9 Å². The van der Waals surface area contributed by atoms with Crippen LogP contribution in [-0.4, -0.2) is 53.0 Å². The van der Waals surface area contributed by atoms with Gasteiger partial charge in [0.25, 0.3) is 0 Å². The van der Waals surface area contributed by atoms with Crippen LogP contribution < -0.4 is 0 Å². The van der Waals surface area contributed by atoms with Crippen molar-refractivity contribution in [1.29, 1.82) is 0 Å². The molecule has 0 saturated carbocycles. The van der Waals surface area contributed by atoms with Gasteiger partial charge in [-0.2, -0.15) is 0 Å². The van der Waals surface area contributed by atoms with Crippen molar-refractivity contribution in [2.75, 3.05) is 0 Å². The number of aromatic carboxylic acids is 2. The normalized spacial score (nSPS) is 7.62. The van der Waals surface area contributed by atoms with Crippen molar-refractivity contribution < 1.29 is 47.2 Å². The molecular formula is C10H12N4NiO6. The number of rotatable bonds is 2. The van der Waals surface area contributed by atoms with Crippen LogP contribution >= 0.6 is 0 Å². The Morgan fingerprint density at radius 1 is 0.714 bits per heavy atom. The number of hydrogen-bond acceptors (Lipinski definition) is 6. The molecule has 6 N–H and O–H groups in total. The van der Waals surface area contributed by atoms with Crippen molar-refractivity contribution >= 4 is 11.9 Å². The molecule has 0 saturated heterocycles. The molecule has 0 atom stereocenters. The first-order chi connectivity index (χ1) is 8.61. The topological polar surface area (TPSA) is 189 Å². The minimum absolute atomic E-state index is 0. The van der Waals surface area contributed by atoms with E-state index in [0.717, 1.165) is 0 Å². The molecular weight excluding hydrogens is 331 g/mol. The fourth-order valence-corrected chi connectivity index (χ4v) is 0.819. The third-order valence-corrected chi connectivity index (χ3v) is 1.51. The van der Waals surface area contributed by atoms with Gasteiger partial charge in [0.2, 0.25) is 11.6 Å². The molecule has 0 radical (unpaired) electrons. The molecule has 0 aliphatic rings. The molecule has 2 aromatic heterocycles.